The molecule has 1 aliphatic rings. The number of hydrogen-bond acceptors (Lipinski definition) is 1. The lowest BCUT2D eigenvalue weighted by Gasteiger charge is -2.14. The van der Waals surface area contributed by atoms with Crippen molar-refractivity contribution in [3.8, 4) is 0 Å². The van der Waals surface area contributed by atoms with Gasteiger partial charge in [-0.3, -0.25) is 0 Å². The van der Waals surface area contributed by atoms with Gasteiger partial charge in [0, 0.05) is 0 Å². The van der Waals surface area contributed by atoms with E-state index >= 15 is 0 Å². The van der Waals surface area contributed by atoms with Crippen LogP contribution in [0.4, 0.5) is 0 Å². The first-order chi connectivity index (χ1) is 7.19. The Kier molecular flexibility index (Phi) is 2.83. The maximum Gasteiger partial charge on any atom is 0.0824 e. The van der Waals surface area contributed by atoms with Crippen molar-refractivity contribution in [3.05, 3.63) is 34.4 Å². The van der Waals surface area contributed by atoms with Crippen LogP contribution in [-0.2, 0) is 19.3 Å². The molecule has 2 rings (SSSR count). The van der Waals surface area contributed by atoms with Gasteiger partial charge in [0.15, 0.2) is 0 Å². The number of benzene rings is 1. The van der Waals surface area contributed by atoms with Crippen molar-refractivity contribution in [1.82, 2.24) is 0 Å². The van der Waals surface area contributed by atoms with Crippen molar-refractivity contribution in [2.24, 2.45) is 5.92 Å². The van der Waals surface area contributed by atoms with E-state index in [-0.39, 0.29) is 6.10 Å². The molecule has 0 radical (unpaired) electrons. The van der Waals surface area contributed by atoms with Crippen LogP contribution in [0.5, 0.6) is 0 Å². The predicted octanol–water partition coefficient (Wildman–Crippen LogP) is 3.04. The molecule has 0 spiro atoms. The second-order valence-electron chi connectivity index (χ2n) is 4.61. The van der Waals surface area contributed by atoms with Gasteiger partial charge in [-0.05, 0) is 47.4 Å². The average Bonchev–Trinajstić information content (AvgIpc) is 2.55. The maximum absolute atomic E-state index is 10.2. The van der Waals surface area contributed by atoms with E-state index in [1.54, 1.807) is 0 Å². The lowest BCUT2D eigenvalue weighted by Crippen LogP contribution is -2.03. The average molecular weight is 204 g/mol. The van der Waals surface area contributed by atoms with Crippen LogP contribution in [0.15, 0.2) is 12.1 Å². The fraction of sp³-hybridized carbons (Fsp3) is 0.571. The van der Waals surface area contributed by atoms with Gasteiger partial charge < -0.3 is 5.11 Å². The first kappa shape index (κ1) is 10.7. The zero-order valence-electron chi connectivity index (χ0n) is 9.88. The maximum atomic E-state index is 10.2. The zero-order chi connectivity index (χ0) is 11.0. The third-order valence-electron chi connectivity index (χ3n) is 3.67. The smallest absolute Gasteiger partial charge is 0.0824 e. The lowest BCUT2D eigenvalue weighted by molar-refractivity contribution is 0.132. The molecule has 0 fully saturated rings. The fourth-order valence-electron chi connectivity index (χ4n) is 2.73. The molecular formula is C14H20O. The predicted molar refractivity (Wildman–Crippen MR) is 63.0 cm³/mol. The van der Waals surface area contributed by atoms with Gasteiger partial charge in [-0.25, -0.2) is 0 Å². The molecule has 0 bridgehead atoms. The van der Waals surface area contributed by atoms with E-state index < -0.39 is 0 Å². The van der Waals surface area contributed by atoms with Crippen molar-refractivity contribution in [2.45, 2.75) is 46.1 Å². The van der Waals surface area contributed by atoms with Crippen molar-refractivity contribution in [2.75, 3.05) is 0 Å². The van der Waals surface area contributed by atoms with Crippen molar-refractivity contribution in [1.29, 1.82) is 0 Å². The molecule has 2 unspecified atom stereocenters. The molecule has 1 nitrogen and oxygen atoms in total. The van der Waals surface area contributed by atoms with Crippen LogP contribution in [-0.4, -0.2) is 5.11 Å². The van der Waals surface area contributed by atoms with E-state index in [9.17, 15) is 5.11 Å². The fourth-order valence-corrected chi connectivity index (χ4v) is 2.73. The largest absolute Gasteiger partial charge is 0.388 e. The summed E-state index contributed by atoms with van der Waals surface area (Å²) in [5, 5.41) is 10.2. The monoisotopic (exact) mass is 204 g/mol. The molecule has 1 N–H and O–H groups in total. The summed E-state index contributed by atoms with van der Waals surface area (Å²) in [4.78, 5) is 0. The topological polar surface area (TPSA) is 20.2 Å². The molecule has 0 heterocycles. The number of rotatable bonds is 2. The first-order valence-electron chi connectivity index (χ1n) is 6.00. The second-order valence-corrected chi connectivity index (χ2v) is 4.61. The van der Waals surface area contributed by atoms with Gasteiger partial charge in [-0.1, -0.05) is 32.9 Å². The first-order valence-corrected chi connectivity index (χ1v) is 6.00. The number of aryl methyl sites for hydroxylation is 2. The zero-order valence-corrected chi connectivity index (χ0v) is 9.88. The Morgan fingerprint density at radius 1 is 1.20 bits per heavy atom. The quantitative estimate of drug-likeness (QED) is 0.785. The molecule has 2 atom stereocenters. The molecule has 82 valence electrons. The van der Waals surface area contributed by atoms with Gasteiger partial charge in [-0.15, -0.1) is 0 Å². The Morgan fingerprint density at radius 3 is 2.40 bits per heavy atom. The summed E-state index contributed by atoms with van der Waals surface area (Å²) in [6, 6.07) is 4.43. The number of fused-ring (bicyclic) bond motifs is 1. The van der Waals surface area contributed by atoms with Crippen LogP contribution >= 0.6 is 0 Å². The van der Waals surface area contributed by atoms with Gasteiger partial charge in [0.05, 0.1) is 6.10 Å². The van der Waals surface area contributed by atoms with E-state index in [1.807, 2.05) is 0 Å². The summed E-state index contributed by atoms with van der Waals surface area (Å²) >= 11 is 0. The molecule has 0 amide bonds. The summed E-state index contributed by atoms with van der Waals surface area (Å²) in [7, 11) is 0. The minimum absolute atomic E-state index is 0.235. The molecule has 1 aromatic rings. The standard InChI is InChI=1S/C14H20O/c1-4-10-6-7-11(5-2)13-12(10)8-9(3)14(13)15/h6-7,9,14-15H,4-5,8H2,1-3H3. The Labute approximate surface area is 92.1 Å². The minimum Gasteiger partial charge on any atom is -0.388 e. The Hall–Kier alpha value is -0.820. The highest BCUT2D eigenvalue weighted by molar-refractivity contribution is 5.46. The lowest BCUT2D eigenvalue weighted by atomic mass is 9.95. The summed E-state index contributed by atoms with van der Waals surface area (Å²) in [6.07, 6.45) is 2.91. The van der Waals surface area contributed by atoms with E-state index in [1.165, 1.54) is 22.3 Å². The van der Waals surface area contributed by atoms with Gasteiger partial charge in [0.1, 0.15) is 0 Å². The highest BCUT2D eigenvalue weighted by Crippen LogP contribution is 2.40. The van der Waals surface area contributed by atoms with Crippen LogP contribution in [0.2, 0.25) is 0 Å². The summed E-state index contributed by atoms with van der Waals surface area (Å²) in [5.74, 6) is 0.387. The Bertz CT molecular complexity index is 368. The number of hydrogen-bond donors (Lipinski definition) is 1. The molecule has 15 heavy (non-hydrogen) atoms. The third-order valence-corrected chi connectivity index (χ3v) is 3.67. The van der Waals surface area contributed by atoms with Crippen LogP contribution in [0.25, 0.3) is 0 Å². The van der Waals surface area contributed by atoms with E-state index in [0.29, 0.717) is 5.92 Å². The second kappa shape index (κ2) is 3.97. The summed E-state index contributed by atoms with van der Waals surface area (Å²) < 4.78 is 0. The molecule has 0 aromatic heterocycles. The van der Waals surface area contributed by atoms with E-state index in [4.69, 9.17) is 0 Å². The molecular weight excluding hydrogens is 184 g/mol. The highest BCUT2D eigenvalue weighted by Gasteiger charge is 2.30. The molecule has 0 saturated heterocycles. The van der Waals surface area contributed by atoms with Gasteiger partial charge in [-0.2, -0.15) is 0 Å². The molecule has 1 aromatic carbocycles. The van der Waals surface area contributed by atoms with Crippen LogP contribution in [0.3, 0.4) is 0 Å². The highest BCUT2D eigenvalue weighted by atomic mass is 16.3. The van der Waals surface area contributed by atoms with Crippen molar-refractivity contribution in [3.63, 3.8) is 0 Å². The molecule has 0 saturated carbocycles. The van der Waals surface area contributed by atoms with Gasteiger partial charge >= 0.3 is 0 Å². The van der Waals surface area contributed by atoms with Crippen molar-refractivity contribution < 1.29 is 5.11 Å². The number of aliphatic hydroxyl groups is 1. The third kappa shape index (κ3) is 1.59. The van der Waals surface area contributed by atoms with Gasteiger partial charge in [0.2, 0.25) is 0 Å². The van der Waals surface area contributed by atoms with Crippen LogP contribution in [0.1, 0.15) is 49.1 Å². The minimum atomic E-state index is -0.235. The Morgan fingerprint density at radius 2 is 1.80 bits per heavy atom. The Balaban J connectivity index is 2.57. The van der Waals surface area contributed by atoms with Crippen LogP contribution < -0.4 is 0 Å². The SMILES string of the molecule is CCc1ccc(CC)c2c1CC(C)C2O. The van der Waals surface area contributed by atoms with Crippen LogP contribution in [0, 0.1) is 5.92 Å². The van der Waals surface area contributed by atoms with E-state index in [2.05, 4.69) is 32.9 Å². The van der Waals surface area contributed by atoms with Gasteiger partial charge in [0.25, 0.3) is 0 Å². The normalized spacial score (nSPS) is 24.3. The van der Waals surface area contributed by atoms with E-state index in [0.717, 1.165) is 19.3 Å². The van der Waals surface area contributed by atoms with Crippen molar-refractivity contribution >= 4 is 0 Å². The summed E-state index contributed by atoms with van der Waals surface area (Å²) in [5.41, 5.74) is 5.42. The molecule has 0 aliphatic heterocycles. The number of aliphatic hydroxyl groups excluding tert-OH is 1. The molecule has 1 heteroatoms. The summed E-state index contributed by atoms with van der Waals surface area (Å²) in [6.45, 7) is 6.50. The molecule has 1 aliphatic carbocycles.